The number of carbonyl (C=O) groups is 1. The summed E-state index contributed by atoms with van der Waals surface area (Å²) in [7, 11) is -2.00. The summed E-state index contributed by atoms with van der Waals surface area (Å²) in [5.74, 6) is 0.457. The summed E-state index contributed by atoms with van der Waals surface area (Å²) in [6.45, 7) is 3.15. The van der Waals surface area contributed by atoms with Crippen molar-refractivity contribution in [3.8, 4) is 5.75 Å². The van der Waals surface area contributed by atoms with E-state index in [2.05, 4.69) is 5.32 Å². The molecular weight excluding hydrogens is 342 g/mol. The predicted molar refractivity (Wildman–Crippen MR) is 95.8 cm³/mol. The van der Waals surface area contributed by atoms with E-state index in [9.17, 15) is 13.2 Å². The number of hydrogen-bond donors (Lipinski definition) is 2. The molecule has 1 amide bonds. The molecule has 25 heavy (non-hydrogen) atoms. The lowest BCUT2D eigenvalue weighted by atomic mass is 9.97. The Labute approximate surface area is 149 Å². The largest absolute Gasteiger partial charge is 0.497 e. The van der Waals surface area contributed by atoms with Crippen LogP contribution in [0, 0.1) is 5.92 Å². The minimum absolute atomic E-state index is 0.0119. The van der Waals surface area contributed by atoms with Crippen molar-refractivity contribution in [2.24, 2.45) is 11.7 Å². The molecule has 7 nitrogen and oxygen atoms in total. The maximum absolute atomic E-state index is 12.7. The Morgan fingerprint density at radius 3 is 2.44 bits per heavy atom. The third-order valence-electron chi connectivity index (χ3n) is 4.42. The number of piperidine rings is 1. The summed E-state index contributed by atoms with van der Waals surface area (Å²) in [5, 5.41) is 2.88. The number of amides is 1. The number of benzene rings is 1. The van der Waals surface area contributed by atoms with Crippen molar-refractivity contribution in [3.63, 3.8) is 0 Å². The molecule has 0 aromatic heterocycles. The number of nitrogens with zero attached hydrogens (tertiary/aromatic N) is 1. The van der Waals surface area contributed by atoms with Gasteiger partial charge in [-0.25, -0.2) is 8.42 Å². The fraction of sp³-hybridized carbons (Fsp3) is 0.588. The van der Waals surface area contributed by atoms with Gasteiger partial charge in [-0.1, -0.05) is 0 Å². The van der Waals surface area contributed by atoms with E-state index >= 15 is 0 Å². The molecule has 8 heteroatoms. The number of sulfonamides is 1. The number of hydrogen-bond acceptors (Lipinski definition) is 5. The van der Waals surface area contributed by atoms with Gasteiger partial charge in [-0.05, 0) is 50.5 Å². The highest BCUT2D eigenvalue weighted by Crippen LogP contribution is 2.25. The first kappa shape index (κ1) is 19.7. The number of nitrogens with one attached hydrogen (secondary N) is 1. The van der Waals surface area contributed by atoms with Gasteiger partial charge in [0.15, 0.2) is 0 Å². The van der Waals surface area contributed by atoms with E-state index in [-0.39, 0.29) is 22.8 Å². The Kier molecular flexibility index (Phi) is 6.80. The van der Waals surface area contributed by atoms with Gasteiger partial charge >= 0.3 is 0 Å². The zero-order valence-corrected chi connectivity index (χ0v) is 15.6. The molecule has 0 aliphatic carbocycles. The summed E-state index contributed by atoms with van der Waals surface area (Å²) in [6.07, 6.45) is 1.79. The maximum Gasteiger partial charge on any atom is 0.243 e. The first-order chi connectivity index (χ1) is 11.8. The van der Waals surface area contributed by atoms with E-state index in [1.807, 2.05) is 6.92 Å². The minimum atomic E-state index is -3.53. The van der Waals surface area contributed by atoms with Crippen LogP contribution in [0.2, 0.25) is 0 Å². The molecular formula is C17H27N3O4S. The smallest absolute Gasteiger partial charge is 0.243 e. The van der Waals surface area contributed by atoms with Crippen molar-refractivity contribution in [3.05, 3.63) is 24.3 Å². The molecule has 2 rings (SSSR count). The first-order valence-corrected chi connectivity index (χ1v) is 9.96. The third kappa shape index (κ3) is 5.17. The Balaban J connectivity index is 1.90. The Hall–Kier alpha value is -1.64. The molecule has 1 aromatic rings. The van der Waals surface area contributed by atoms with Crippen molar-refractivity contribution in [1.82, 2.24) is 9.62 Å². The molecule has 1 aliphatic heterocycles. The lowest BCUT2D eigenvalue weighted by Gasteiger charge is -2.30. The van der Waals surface area contributed by atoms with Crippen LogP contribution in [0.25, 0.3) is 0 Å². The number of nitrogens with two attached hydrogens (primary N) is 1. The Morgan fingerprint density at radius 1 is 1.32 bits per heavy atom. The zero-order valence-electron chi connectivity index (χ0n) is 14.8. The van der Waals surface area contributed by atoms with Crippen LogP contribution in [0.5, 0.6) is 5.75 Å². The van der Waals surface area contributed by atoms with Crippen LogP contribution >= 0.6 is 0 Å². The van der Waals surface area contributed by atoms with E-state index in [0.717, 1.165) is 6.42 Å². The average Bonchev–Trinajstić information content (AvgIpc) is 2.61. The highest BCUT2D eigenvalue weighted by molar-refractivity contribution is 7.89. The summed E-state index contributed by atoms with van der Waals surface area (Å²) in [5.41, 5.74) is 5.66. The fourth-order valence-electron chi connectivity index (χ4n) is 2.82. The van der Waals surface area contributed by atoms with Gasteiger partial charge in [-0.2, -0.15) is 4.31 Å². The van der Waals surface area contributed by atoms with Crippen LogP contribution < -0.4 is 15.8 Å². The summed E-state index contributed by atoms with van der Waals surface area (Å²) >= 11 is 0. The quantitative estimate of drug-likeness (QED) is 0.745. The second-order valence-corrected chi connectivity index (χ2v) is 8.35. The Bertz CT molecular complexity index is 666. The van der Waals surface area contributed by atoms with Crippen LogP contribution in [0.1, 0.15) is 26.2 Å². The van der Waals surface area contributed by atoms with Crippen molar-refractivity contribution in [1.29, 1.82) is 0 Å². The number of rotatable bonds is 7. The van der Waals surface area contributed by atoms with E-state index in [1.165, 1.54) is 11.4 Å². The lowest BCUT2D eigenvalue weighted by molar-refractivity contribution is -0.126. The third-order valence-corrected chi connectivity index (χ3v) is 6.33. The summed E-state index contributed by atoms with van der Waals surface area (Å²) in [4.78, 5) is 12.4. The van der Waals surface area contributed by atoms with Crippen LogP contribution in [0.15, 0.2) is 29.2 Å². The molecule has 140 valence electrons. The van der Waals surface area contributed by atoms with Crippen LogP contribution in [-0.2, 0) is 14.8 Å². The van der Waals surface area contributed by atoms with Crippen LogP contribution in [0.4, 0.5) is 0 Å². The molecule has 1 heterocycles. The van der Waals surface area contributed by atoms with Gasteiger partial charge in [0.25, 0.3) is 0 Å². The molecule has 1 saturated heterocycles. The van der Waals surface area contributed by atoms with Gasteiger partial charge in [0.2, 0.25) is 15.9 Å². The topological polar surface area (TPSA) is 102 Å². The van der Waals surface area contributed by atoms with Crippen molar-refractivity contribution < 1.29 is 17.9 Å². The monoisotopic (exact) mass is 369 g/mol. The van der Waals surface area contributed by atoms with Gasteiger partial charge in [0.1, 0.15) is 5.75 Å². The molecule has 3 N–H and O–H groups in total. The molecule has 1 aliphatic rings. The van der Waals surface area contributed by atoms with Gasteiger partial charge in [-0.15, -0.1) is 0 Å². The van der Waals surface area contributed by atoms with Gasteiger partial charge in [0.05, 0.1) is 12.0 Å². The van der Waals surface area contributed by atoms with Crippen LogP contribution in [-0.4, -0.2) is 51.4 Å². The minimum Gasteiger partial charge on any atom is -0.497 e. The standard InChI is InChI=1S/C17H27N3O4S/c1-13(18)7-10-19-17(21)14-8-11-20(12-9-14)25(22,23)16-5-3-15(24-2)4-6-16/h3-6,13-14H,7-12,18H2,1-2H3,(H,19,21). The summed E-state index contributed by atoms with van der Waals surface area (Å²) < 4.78 is 31.9. The highest BCUT2D eigenvalue weighted by atomic mass is 32.2. The predicted octanol–water partition coefficient (Wildman–Crippen LogP) is 0.949. The van der Waals surface area contributed by atoms with E-state index in [0.29, 0.717) is 38.2 Å². The molecule has 1 fully saturated rings. The molecule has 1 atom stereocenters. The maximum atomic E-state index is 12.7. The Morgan fingerprint density at radius 2 is 1.92 bits per heavy atom. The van der Waals surface area contributed by atoms with E-state index in [4.69, 9.17) is 10.5 Å². The molecule has 0 bridgehead atoms. The number of carbonyl (C=O) groups excluding carboxylic acids is 1. The summed E-state index contributed by atoms with van der Waals surface area (Å²) in [6, 6.07) is 6.40. The first-order valence-electron chi connectivity index (χ1n) is 8.52. The van der Waals surface area contributed by atoms with Gasteiger partial charge in [0, 0.05) is 31.6 Å². The van der Waals surface area contributed by atoms with Crippen LogP contribution in [0.3, 0.4) is 0 Å². The SMILES string of the molecule is COc1ccc(S(=O)(=O)N2CCC(C(=O)NCCC(C)N)CC2)cc1. The van der Waals surface area contributed by atoms with Gasteiger partial charge < -0.3 is 15.8 Å². The highest BCUT2D eigenvalue weighted by Gasteiger charge is 2.31. The lowest BCUT2D eigenvalue weighted by Crippen LogP contribution is -2.43. The van der Waals surface area contributed by atoms with E-state index < -0.39 is 10.0 Å². The molecule has 0 saturated carbocycles. The van der Waals surface area contributed by atoms with Crippen molar-refractivity contribution in [2.75, 3.05) is 26.7 Å². The molecule has 0 spiro atoms. The molecule has 1 unspecified atom stereocenters. The van der Waals surface area contributed by atoms with Crippen molar-refractivity contribution in [2.45, 2.75) is 37.1 Å². The normalized spacial score (nSPS) is 17.9. The van der Waals surface area contributed by atoms with E-state index in [1.54, 1.807) is 24.3 Å². The second kappa shape index (κ2) is 8.64. The molecule has 1 aromatic carbocycles. The second-order valence-electron chi connectivity index (χ2n) is 6.41. The average molecular weight is 369 g/mol. The van der Waals surface area contributed by atoms with Crippen molar-refractivity contribution >= 4 is 15.9 Å². The molecule has 0 radical (unpaired) electrons. The fourth-order valence-corrected chi connectivity index (χ4v) is 4.29. The number of methoxy groups -OCH3 is 1. The zero-order chi connectivity index (χ0) is 18.4. The number of ether oxygens (including phenoxy) is 1. The van der Waals surface area contributed by atoms with Gasteiger partial charge in [-0.3, -0.25) is 4.79 Å².